The van der Waals surface area contributed by atoms with Crippen molar-refractivity contribution >= 4 is 17.1 Å². The first kappa shape index (κ1) is 14.2. The van der Waals surface area contributed by atoms with Crippen molar-refractivity contribution in [3.63, 3.8) is 0 Å². The minimum absolute atomic E-state index is 0.186. The first-order valence-electron chi connectivity index (χ1n) is 7.40. The highest BCUT2D eigenvalue weighted by atomic mass is 16.2. The van der Waals surface area contributed by atoms with Crippen molar-refractivity contribution in [2.75, 3.05) is 0 Å². The number of nitrogens with zero attached hydrogens (tertiary/aromatic N) is 4. The number of hydrogen-bond acceptors (Lipinski definition) is 4. The summed E-state index contributed by atoms with van der Waals surface area (Å²) in [6, 6.07) is 5.81. The zero-order chi connectivity index (χ0) is 16.7. The third kappa shape index (κ3) is 2.24. The maximum Gasteiger partial charge on any atom is 0.291 e. The van der Waals surface area contributed by atoms with Gasteiger partial charge in [-0.05, 0) is 19.1 Å². The molecule has 0 aliphatic rings. The first-order valence-corrected chi connectivity index (χ1v) is 7.40. The number of pyridine rings is 1. The van der Waals surface area contributed by atoms with Crippen molar-refractivity contribution in [3.8, 4) is 0 Å². The average Bonchev–Trinajstić information content (AvgIpc) is 3.16. The summed E-state index contributed by atoms with van der Waals surface area (Å²) >= 11 is 0. The zero-order valence-electron chi connectivity index (χ0n) is 12.9. The monoisotopic (exact) mass is 322 g/mol. The van der Waals surface area contributed by atoms with Crippen LogP contribution in [0.25, 0.3) is 11.2 Å². The normalized spacial score (nSPS) is 11.2. The van der Waals surface area contributed by atoms with Crippen LogP contribution in [0.5, 0.6) is 0 Å². The Morgan fingerprint density at radius 2 is 2.17 bits per heavy atom. The molecule has 1 amide bonds. The number of H-pyrrole nitrogens is 1. The second-order valence-corrected chi connectivity index (χ2v) is 5.39. The number of aromatic amines is 1. The highest BCUT2D eigenvalue weighted by molar-refractivity contribution is 5.92. The lowest BCUT2D eigenvalue weighted by molar-refractivity contribution is 0.0946. The number of aromatic nitrogens is 5. The SMILES string of the molecule is Cc1nc(CNC(=O)c2cn3cc[nH]c(=O)c3n2)c2ccccn12. The van der Waals surface area contributed by atoms with Gasteiger partial charge in [0.2, 0.25) is 5.65 Å². The van der Waals surface area contributed by atoms with Gasteiger partial charge in [0.15, 0.2) is 0 Å². The molecule has 0 aromatic carbocycles. The quantitative estimate of drug-likeness (QED) is 0.586. The van der Waals surface area contributed by atoms with Gasteiger partial charge in [-0.2, -0.15) is 0 Å². The van der Waals surface area contributed by atoms with E-state index in [2.05, 4.69) is 20.3 Å². The molecule has 4 rings (SSSR count). The number of imidazole rings is 2. The van der Waals surface area contributed by atoms with Crippen molar-refractivity contribution in [2.45, 2.75) is 13.5 Å². The summed E-state index contributed by atoms with van der Waals surface area (Å²) in [5.41, 5.74) is 1.76. The van der Waals surface area contributed by atoms with Crippen molar-refractivity contribution in [1.82, 2.24) is 29.1 Å². The van der Waals surface area contributed by atoms with E-state index in [-0.39, 0.29) is 29.4 Å². The van der Waals surface area contributed by atoms with Gasteiger partial charge in [0.05, 0.1) is 17.8 Å². The van der Waals surface area contributed by atoms with Crippen LogP contribution in [0, 0.1) is 6.92 Å². The molecular weight excluding hydrogens is 308 g/mol. The Kier molecular flexibility index (Phi) is 3.16. The van der Waals surface area contributed by atoms with E-state index in [1.165, 1.54) is 16.8 Å². The van der Waals surface area contributed by atoms with Crippen LogP contribution < -0.4 is 10.9 Å². The molecule has 8 nitrogen and oxygen atoms in total. The average molecular weight is 322 g/mol. The molecule has 0 unspecified atom stereocenters. The Balaban J connectivity index is 1.59. The Labute approximate surface area is 135 Å². The molecule has 0 aliphatic heterocycles. The van der Waals surface area contributed by atoms with E-state index in [0.29, 0.717) is 0 Å². The fourth-order valence-electron chi connectivity index (χ4n) is 2.69. The lowest BCUT2D eigenvalue weighted by Crippen LogP contribution is -2.23. The third-order valence-electron chi connectivity index (χ3n) is 3.83. The molecule has 4 aromatic heterocycles. The summed E-state index contributed by atoms with van der Waals surface area (Å²) in [7, 11) is 0. The van der Waals surface area contributed by atoms with Crippen molar-refractivity contribution < 1.29 is 4.79 Å². The minimum atomic E-state index is -0.354. The summed E-state index contributed by atoms with van der Waals surface area (Å²) < 4.78 is 3.48. The van der Waals surface area contributed by atoms with E-state index in [4.69, 9.17) is 0 Å². The molecule has 0 spiro atoms. The molecule has 8 heteroatoms. The first-order chi connectivity index (χ1) is 11.6. The molecule has 0 radical (unpaired) electrons. The van der Waals surface area contributed by atoms with Gasteiger partial charge in [0.1, 0.15) is 11.5 Å². The number of nitrogens with one attached hydrogen (secondary N) is 2. The Morgan fingerprint density at radius 1 is 1.29 bits per heavy atom. The summed E-state index contributed by atoms with van der Waals surface area (Å²) in [6.07, 6.45) is 6.58. The molecule has 0 fully saturated rings. The van der Waals surface area contributed by atoms with Gasteiger partial charge in [-0.3, -0.25) is 9.59 Å². The van der Waals surface area contributed by atoms with Crippen LogP contribution in [0.2, 0.25) is 0 Å². The van der Waals surface area contributed by atoms with Gasteiger partial charge >= 0.3 is 0 Å². The Morgan fingerprint density at radius 3 is 3.00 bits per heavy atom. The molecule has 0 saturated carbocycles. The van der Waals surface area contributed by atoms with E-state index in [1.54, 1.807) is 6.20 Å². The molecule has 0 atom stereocenters. The third-order valence-corrected chi connectivity index (χ3v) is 3.83. The van der Waals surface area contributed by atoms with Crippen LogP contribution in [0.4, 0.5) is 0 Å². The smallest absolute Gasteiger partial charge is 0.291 e. The molecule has 24 heavy (non-hydrogen) atoms. The van der Waals surface area contributed by atoms with Gasteiger partial charge in [-0.25, -0.2) is 9.97 Å². The highest BCUT2D eigenvalue weighted by Crippen LogP contribution is 2.12. The molecule has 0 saturated heterocycles. The molecule has 2 N–H and O–H groups in total. The van der Waals surface area contributed by atoms with Gasteiger partial charge in [0, 0.05) is 24.8 Å². The lowest BCUT2D eigenvalue weighted by Gasteiger charge is -2.01. The summed E-state index contributed by atoms with van der Waals surface area (Å²) in [4.78, 5) is 35.0. The van der Waals surface area contributed by atoms with Crippen molar-refractivity contribution in [3.05, 3.63) is 70.6 Å². The maximum absolute atomic E-state index is 12.3. The topological polar surface area (TPSA) is 96.6 Å². The van der Waals surface area contributed by atoms with Crippen LogP contribution in [0.15, 0.2) is 47.8 Å². The number of carbonyl (C=O) groups excluding carboxylic acids is 1. The number of amides is 1. The Hall–Kier alpha value is -3.42. The van der Waals surface area contributed by atoms with Crippen molar-refractivity contribution in [1.29, 1.82) is 0 Å². The predicted molar refractivity (Wildman–Crippen MR) is 86.9 cm³/mol. The molecule has 120 valence electrons. The van der Waals surface area contributed by atoms with Gasteiger partial charge in [0.25, 0.3) is 11.5 Å². The molecule has 0 bridgehead atoms. The standard InChI is InChI=1S/C16H14N6O2/c1-10-19-11(13-4-2-3-6-22(10)13)8-18-15(23)12-9-21-7-5-17-16(24)14(21)20-12/h2-7,9H,8H2,1H3,(H,17,24)(H,18,23). The number of aryl methyl sites for hydroxylation is 1. The molecular formula is C16H14N6O2. The fourth-order valence-corrected chi connectivity index (χ4v) is 2.69. The summed E-state index contributed by atoms with van der Waals surface area (Å²) in [6.45, 7) is 2.19. The predicted octanol–water partition coefficient (Wildman–Crippen LogP) is 0.909. The lowest BCUT2D eigenvalue weighted by atomic mass is 10.3. The van der Waals surface area contributed by atoms with E-state index in [0.717, 1.165) is 17.0 Å². The van der Waals surface area contributed by atoms with Gasteiger partial charge < -0.3 is 19.1 Å². The summed E-state index contributed by atoms with van der Waals surface area (Å²) in [5.74, 6) is 0.502. The highest BCUT2D eigenvalue weighted by Gasteiger charge is 2.14. The van der Waals surface area contributed by atoms with Gasteiger partial charge in [-0.15, -0.1) is 0 Å². The number of rotatable bonds is 3. The number of fused-ring (bicyclic) bond motifs is 2. The van der Waals surface area contributed by atoms with Crippen LogP contribution in [0.3, 0.4) is 0 Å². The number of carbonyl (C=O) groups is 1. The fraction of sp³-hybridized carbons (Fsp3) is 0.125. The van der Waals surface area contributed by atoms with Crippen molar-refractivity contribution in [2.24, 2.45) is 0 Å². The number of hydrogen-bond donors (Lipinski definition) is 2. The minimum Gasteiger partial charge on any atom is -0.345 e. The summed E-state index contributed by atoms with van der Waals surface area (Å²) in [5, 5.41) is 2.80. The van der Waals surface area contributed by atoms with Crippen LogP contribution >= 0.6 is 0 Å². The van der Waals surface area contributed by atoms with Crippen LogP contribution in [-0.2, 0) is 6.54 Å². The van der Waals surface area contributed by atoms with E-state index in [9.17, 15) is 9.59 Å². The maximum atomic E-state index is 12.3. The molecule has 0 aliphatic carbocycles. The van der Waals surface area contributed by atoms with Crippen LogP contribution in [-0.4, -0.2) is 29.7 Å². The zero-order valence-corrected chi connectivity index (χ0v) is 12.9. The Bertz CT molecular complexity index is 1120. The second-order valence-electron chi connectivity index (χ2n) is 5.39. The molecule has 4 heterocycles. The van der Waals surface area contributed by atoms with Gasteiger partial charge in [-0.1, -0.05) is 6.07 Å². The second kappa shape index (κ2) is 5.34. The largest absolute Gasteiger partial charge is 0.345 e. The van der Waals surface area contributed by atoms with E-state index < -0.39 is 0 Å². The van der Waals surface area contributed by atoms with E-state index >= 15 is 0 Å². The molecule has 4 aromatic rings. The van der Waals surface area contributed by atoms with Crippen LogP contribution in [0.1, 0.15) is 22.0 Å². The van der Waals surface area contributed by atoms with E-state index in [1.807, 2.05) is 35.7 Å².